The second-order valence-corrected chi connectivity index (χ2v) is 7.87. The molecule has 1 aliphatic heterocycles. The summed E-state index contributed by atoms with van der Waals surface area (Å²) in [5.74, 6) is -1.87. The Labute approximate surface area is 178 Å². The van der Waals surface area contributed by atoms with Gasteiger partial charge in [-0.05, 0) is 55.3 Å². The molecule has 0 spiro atoms. The molecule has 2 aromatic carbocycles. The average Bonchev–Trinajstić information content (AvgIpc) is 3.03. The van der Waals surface area contributed by atoms with Gasteiger partial charge in [-0.3, -0.25) is 14.4 Å². The van der Waals surface area contributed by atoms with Gasteiger partial charge in [-0.25, -0.2) is 0 Å². The third-order valence-electron chi connectivity index (χ3n) is 4.53. The fourth-order valence-corrected chi connectivity index (χ4v) is 3.71. The lowest BCUT2D eigenvalue weighted by Gasteiger charge is -2.18. The number of carbonyl (C=O) groups excluding carboxylic acids is 3. The van der Waals surface area contributed by atoms with Crippen molar-refractivity contribution in [3.63, 3.8) is 0 Å². The number of ether oxygens (including phenoxy) is 1. The van der Waals surface area contributed by atoms with Gasteiger partial charge in [-0.2, -0.15) is 0 Å². The first-order valence-corrected chi connectivity index (χ1v) is 9.78. The maximum absolute atomic E-state index is 12.4. The maximum Gasteiger partial charge on any atom is 0.311 e. The van der Waals surface area contributed by atoms with Gasteiger partial charge < -0.3 is 15.0 Å². The highest BCUT2D eigenvalue weighted by Gasteiger charge is 2.36. The Morgan fingerprint density at radius 1 is 1.14 bits per heavy atom. The normalized spacial score (nSPS) is 16.1. The van der Waals surface area contributed by atoms with E-state index in [-0.39, 0.29) is 23.9 Å². The highest BCUT2D eigenvalue weighted by Crippen LogP contribution is 2.28. The zero-order valence-electron chi connectivity index (χ0n) is 16.0. The molecule has 2 aromatic rings. The maximum atomic E-state index is 12.4. The van der Waals surface area contributed by atoms with Crippen LogP contribution < -0.4 is 10.2 Å². The van der Waals surface area contributed by atoms with Crippen LogP contribution in [0.4, 0.5) is 11.4 Å². The van der Waals surface area contributed by atoms with Crippen LogP contribution in [0.2, 0.25) is 10.0 Å². The fraction of sp³-hybridized carbons (Fsp3) is 0.286. The Bertz CT molecular complexity index is 957. The predicted molar refractivity (Wildman–Crippen MR) is 112 cm³/mol. The molecule has 29 heavy (non-hydrogen) atoms. The standard InChI is InChI=1S/C21H20Cl2N2O4/c1-12-5-13(2)7-16(6-12)25-10-14(8-20(25)27)21(28)29-11-19(26)24-18-4-3-15(22)9-17(18)23/h3-7,9,14H,8,10-11H2,1-2H3,(H,24,26)/t14-/m0/s1. The minimum atomic E-state index is -0.616. The Kier molecular flexibility index (Phi) is 6.45. The number of anilines is 2. The second-order valence-electron chi connectivity index (χ2n) is 7.03. The van der Waals surface area contributed by atoms with Crippen LogP contribution in [0.15, 0.2) is 36.4 Å². The molecule has 8 heteroatoms. The molecular formula is C21H20Cl2N2O4. The van der Waals surface area contributed by atoms with Gasteiger partial charge in [-0.1, -0.05) is 29.3 Å². The van der Waals surface area contributed by atoms with Crippen LogP contribution in [-0.2, 0) is 19.1 Å². The summed E-state index contributed by atoms with van der Waals surface area (Å²) in [4.78, 5) is 38.3. The van der Waals surface area contributed by atoms with Gasteiger partial charge in [0.25, 0.3) is 5.91 Å². The van der Waals surface area contributed by atoms with Crippen LogP contribution in [-0.4, -0.2) is 30.9 Å². The van der Waals surface area contributed by atoms with Gasteiger partial charge in [0.05, 0.1) is 16.6 Å². The number of rotatable bonds is 5. The molecule has 6 nitrogen and oxygen atoms in total. The quantitative estimate of drug-likeness (QED) is 0.717. The first-order chi connectivity index (χ1) is 13.7. The molecule has 0 unspecified atom stereocenters. The molecule has 0 saturated carbocycles. The molecule has 0 bridgehead atoms. The van der Waals surface area contributed by atoms with Crippen molar-refractivity contribution >= 4 is 52.4 Å². The number of halogens is 2. The molecule has 1 atom stereocenters. The van der Waals surface area contributed by atoms with Gasteiger partial charge in [-0.15, -0.1) is 0 Å². The van der Waals surface area contributed by atoms with E-state index >= 15 is 0 Å². The van der Waals surface area contributed by atoms with Crippen LogP contribution in [0.1, 0.15) is 17.5 Å². The average molecular weight is 435 g/mol. The first-order valence-electron chi connectivity index (χ1n) is 9.03. The zero-order valence-corrected chi connectivity index (χ0v) is 17.5. The van der Waals surface area contributed by atoms with Crippen molar-refractivity contribution < 1.29 is 19.1 Å². The summed E-state index contributed by atoms with van der Waals surface area (Å²) in [5, 5.41) is 3.28. The van der Waals surface area contributed by atoms with E-state index in [4.69, 9.17) is 27.9 Å². The molecule has 1 fully saturated rings. The van der Waals surface area contributed by atoms with Crippen molar-refractivity contribution in [3.05, 3.63) is 57.6 Å². The summed E-state index contributed by atoms with van der Waals surface area (Å²) in [6, 6.07) is 10.5. The summed E-state index contributed by atoms with van der Waals surface area (Å²) in [7, 11) is 0. The number of esters is 1. The Morgan fingerprint density at radius 2 is 1.83 bits per heavy atom. The van der Waals surface area contributed by atoms with Crippen molar-refractivity contribution in [2.24, 2.45) is 5.92 Å². The van der Waals surface area contributed by atoms with E-state index in [1.54, 1.807) is 17.0 Å². The number of carbonyl (C=O) groups is 3. The van der Waals surface area contributed by atoms with Gasteiger partial charge >= 0.3 is 5.97 Å². The molecule has 1 N–H and O–H groups in total. The van der Waals surface area contributed by atoms with E-state index in [0.29, 0.717) is 10.7 Å². The predicted octanol–water partition coefficient (Wildman–Crippen LogP) is 4.15. The summed E-state index contributed by atoms with van der Waals surface area (Å²) in [5.41, 5.74) is 3.21. The highest BCUT2D eigenvalue weighted by molar-refractivity contribution is 6.36. The van der Waals surface area contributed by atoms with E-state index in [2.05, 4.69) is 5.32 Å². The number of nitrogens with one attached hydrogen (secondary N) is 1. The van der Waals surface area contributed by atoms with Crippen LogP contribution >= 0.6 is 23.2 Å². The van der Waals surface area contributed by atoms with Gasteiger partial charge in [0.2, 0.25) is 5.91 Å². The molecule has 0 radical (unpaired) electrons. The largest absolute Gasteiger partial charge is 0.455 e. The fourth-order valence-electron chi connectivity index (χ4n) is 3.25. The number of benzene rings is 2. The summed E-state index contributed by atoms with van der Waals surface area (Å²) in [6.07, 6.45) is 0.0520. The third-order valence-corrected chi connectivity index (χ3v) is 5.08. The number of hydrogen-bond donors (Lipinski definition) is 1. The van der Waals surface area contributed by atoms with Crippen LogP contribution in [0.5, 0.6) is 0 Å². The van der Waals surface area contributed by atoms with Gasteiger partial charge in [0.15, 0.2) is 6.61 Å². The molecule has 3 rings (SSSR count). The Morgan fingerprint density at radius 3 is 2.48 bits per heavy atom. The van der Waals surface area contributed by atoms with E-state index in [1.165, 1.54) is 6.07 Å². The van der Waals surface area contributed by atoms with Gasteiger partial charge in [0.1, 0.15) is 0 Å². The van der Waals surface area contributed by atoms with Crippen LogP contribution in [0.25, 0.3) is 0 Å². The third kappa shape index (κ3) is 5.28. The summed E-state index contributed by atoms with van der Waals surface area (Å²) in [6.45, 7) is 3.67. The van der Waals surface area contributed by atoms with Crippen molar-refractivity contribution in [1.29, 1.82) is 0 Å². The Hall–Kier alpha value is -2.57. The lowest BCUT2D eigenvalue weighted by atomic mass is 10.1. The topological polar surface area (TPSA) is 75.7 Å². The molecule has 1 heterocycles. The first kappa shape index (κ1) is 21.1. The molecule has 1 saturated heterocycles. The molecule has 0 aromatic heterocycles. The van der Waals surface area contributed by atoms with Crippen molar-refractivity contribution in [2.45, 2.75) is 20.3 Å². The van der Waals surface area contributed by atoms with Crippen molar-refractivity contribution in [1.82, 2.24) is 0 Å². The molecule has 0 aliphatic carbocycles. The molecular weight excluding hydrogens is 415 g/mol. The molecule has 2 amide bonds. The molecule has 152 valence electrons. The number of nitrogens with zero attached hydrogens (tertiary/aromatic N) is 1. The van der Waals surface area contributed by atoms with Crippen molar-refractivity contribution in [2.75, 3.05) is 23.4 Å². The highest BCUT2D eigenvalue weighted by atomic mass is 35.5. The minimum Gasteiger partial charge on any atom is -0.455 e. The second kappa shape index (κ2) is 8.84. The number of hydrogen-bond acceptors (Lipinski definition) is 4. The Balaban J connectivity index is 1.56. The minimum absolute atomic E-state index is 0.0520. The van der Waals surface area contributed by atoms with E-state index in [1.807, 2.05) is 32.0 Å². The summed E-state index contributed by atoms with van der Waals surface area (Å²) >= 11 is 11.8. The molecule has 1 aliphatic rings. The lowest BCUT2D eigenvalue weighted by molar-refractivity contribution is -0.151. The van der Waals surface area contributed by atoms with Gasteiger partial charge in [0, 0.05) is 23.7 Å². The smallest absolute Gasteiger partial charge is 0.311 e. The van der Waals surface area contributed by atoms with E-state index < -0.39 is 24.4 Å². The number of aryl methyl sites for hydroxylation is 2. The lowest BCUT2D eigenvalue weighted by Crippen LogP contribution is -2.28. The van der Waals surface area contributed by atoms with E-state index in [0.717, 1.165) is 16.8 Å². The zero-order chi connectivity index (χ0) is 21.1. The summed E-state index contributed by atoms with van der Waals surface area (Å²) < 4.78 is 5.10. The SMILES string of the molecule is Cc1cc(C)cc(N2C[C@@H](C(=O)OCC(=O)Nc3ccc(Cl)cc3Cl)CC2=O)c1. The van der Waals surface area contributed by atoms with Crippen molar-refractivity contribution in [3.8, 4) is 0 Å². The number of amides is 2. The monoisotopic (exact) mass is 434 g/mol. The van der Waals surface area contributed by atoms with Crippen LogP contribution in [0.3, 0.4) is 0 Å². The van der Waals surface area contributed by atoms with E-state index in [9.17, 15) is 14.4 Å². The van der Waals surface area contributed by atoms with Crippen LogP contribution in [0, 0.1) is 19.8 Å².